The molecule has 1 heterocycles. The van der Waals surface area contributed by atoms with Crippen molar-refractivity contribution in [3.05, 3.63) is 28.0 Å². The first-order valence-electron chi connectivity index (χ1n) is 5.27. The Morgan fingerprint density at radius 3 is 2.67 bits per heavy atom. The average molecular weight is 291 g/mol. The zero-order valence-electron chi connectivity index (χ0n) is 9.69. The predicted molar refractivity (Wildman–Crippen MR) is 68.1 cm³/mol. The maximum Gasteiger partial charge on any atom is 0.323 e. The molecule has 1 rings (SSSR count). The van der Waals surface area contributed by atoms with Gasteiger partial charge in [0.2, 0.25) is 0 Å². The second-order valence-corrected chi connectivity index (χ2v) is 4.40. The van der Waals surface area contributed by atoms with Crippen molar-refractivity contribution >= 4 is 35.1 Å². The highest BCUT2D eigenvalue weighted by molar-refractivity contribution is 6.35. The minimum absolute atomic E-state index is 0.134. The van der Waals surface area contributed by atoms with E-state index in [9.17, 15) is 9.59 Å². The number of carboxylic acids is 1. The monoisotopic (exact) mass is 290 g/mol. The largest absolute Gasteiger partial charge is 0.480 e. The Labute approximate surface area is 114 Å². The van der Waals surface area contributed by atoms with E-state index in [2.05, 4.69) is 4.98 Å². The molecular formula is C11H12Cl2N2O3. The molecule has 1 N–H and O–H groups in total. The molecule has 18 heavy (non-hydrogen) atoms. The molecule has 1 aromatic heterocycles. The normalized spacial score (nSPS) is 10.2. The van der Waals surface area contributed by atoms with Gasteiger partial charge in [-0.15, -0.1) is 0 Å². The van der Waals surface area contributed by atoms with Crippen molar-refractivity contribution in [3.8, 4) is 0 Å². The number of nitrogens with zero attached hydrogens (tertiary/aromatic N) is 2. The van der Waals surface area contributed by atoms with Crippen molar-refractivity contribution in [3.63, 3.8) is 0 Å². The van der Waals surface area contributed by atoms with Crippen molar-refractivity contribution in [1.29, 1.82) is 0 Å². The standard InChI is InChI=1S/C11H12Cl2N2O3/c1-2-3-15(6-10(16)17)11(18)7-4-9(13)14-5-8(7)12/h4-5H,2-3,6H2,1H3,(H,16,17). The van der Waals surface area contributed by atoms with Gasteiger partial charge >= 0.3 is 5.97 Å². The lowest BCUT2D eigenvalue weighted by molar-refractivity contribution is -0.137. The number of aromatic nitrogens is 1. The number of halogens is 2. The third kappa shape index (κ3) is 3.85. The van der Waals surface area contributed by atoms with Crippen molar-refractivity contribution < 1.29 is 14.7 Å². The van der Waals surface area contributed by atoms with Gasteiger partial charge in [-0.2, -0.15) is 0 Å². The van der Waals surface area contributed by atoms with E-state index in [1.54, 1.807) is 0 Å². The van der Waals surface area contributed by atoms with Crippen LogP contribution >= 0.6 is 23.2 Å². The Hall–Kier alpha value is -1.33. The van der Waals surface area contributed by atoms with Crippen LogP contribution in [0.15, 0.2) is 12.3 Å². The van der Waals surface area contributed by atoms with Crippen LogP contribution in [0.2, 0.25) is 10.2 Å². The second-order valence-electron chi connectivity index (χ2n) is 3.61. The topological polar surface area (TPSA) is 70.5 Å². The third-order valence-corrected chi connectivity index (χ3v) is 2.67. The van der Waals surface area contributed by atoms with Gasteiger partial charge in [-0.05, 0) is 12.5 Å². The van der Waals surface area contributed by atoms with E-state index in [1.165, 1.54) is 17.2 Å². The molecule has 0 fully saturated rings. The minimum Gasteiger partial charge on any atom is -0.480 e. The number of rotatable bonds is 5. The number of carboxylic acid groups (broad SMARTS) is 1. The highest BCUT2D eigenvalue weighted by Crippen LogP contribution is 2.20. The van der Waals surface area contributed by atoms with Crippen LogP contribution in [0.1, 0.15) is 23.7 Å². The molecule has 0 unspecified atom stereocenters. The fraction of sp³-hybridized carbons (Fsp3) is 0.364. The third-order valence-electron chi connectivity index (χ3n) is 2.16. The minimum atomic E-state index is -1.08. The van der Waals surface area contributed by atoms with E-state index in [1.807, 2.05) is 6.92 Å². The summed E-state index contributed by atoms with van der Waals surface area (Å²) in [6.45, 7) is 1.81. The molecule has 0 saturated heterocycles. The molecule has 5 nitrogen and oxygen atoms in total. The summed E-state index contributed by atoms with van der Waals surface area (Å²) in [7, 11) is 0. The Bertz CT molecular complexity index is 466. The van der Waals surface area contributed by atoms with Crippen LogP contribution in [0, 0.1) is 0 Å². The first-order chi connectivity index (χ1) is 8.45. The molecule has 0 spiro atoms. The molecule has 98 valence electrons. The molecule has 0 aromatic carbocycles. The number of carbonyl (C=O) groups is 2. The average Bonchev–Trinajstić information content (AvgIpc) is 2.30. The van der Waals surface area contributed by atoms with E-state index >= 15 is 0 Å². The summed E-state index contributed by atoms with van der Waals surface area (Å²) >= 11 is 11.5. The number of aliphatic carboxylic acids is 1. The van der Waals surface area contributed by atoms with Crippen molar-refractivity contribution in [2.45, 2.75) is 13.3 Å². The van der Waals surface area contributed by atoms with Crippen LogP contribution in [0.5, 0.6) is 0 Å². The van der Waals surface area contributed by atoms with Gasteiger partial charge in [0, 0.05) is 12.7 Å². The number of pyridine rings is 1. The van der Waals surface area contributed by atoms with Gasteiger partial charge in [0.1, 0.15) is 11.7 Å². The summed E-state index contributed by atoms with van der Waals surface area (Å²) in [6.07, 6.45) is 1.91. The van der Waals surface area contributed by atoms with Crippen LogP contribution < -0.4 is 0 Å². The van der Waals surface area contributed by atoms with Crippen LogP contribution in [0.4, 0.5) is 0 Å². The van der Waals surface area contributed by atoms with Gasteiger partial charge in [0.15, 0.2) is 0 Å². The summed E-state index contributed by atoms with van der Waals surface area (Å²) in [4.78, 5) is 27.8. The van der Waals surface area contributed by atoms with Crippen LogP contribution in [-0.2, 0) is 4.79 Å². The number of hydrogen-bond acceptors (Lipinski definition) is 3. The van der Waals surface area contributed by atoms with Gasteiger partial charge in [0.05, 0.1) is 10.6 Å². The van der Waals surface area contributed by atoms with Crippen LogP contribution in [-0.4, -0.2) is 40.0 Å². The molecule has 0 aliphatic rings. The van der Waals surface area contributed by atoms with E-state index in [-0.39, 0.29) is 22.3 Å². The van der Waals surface area contributed by atoms with Gasteiger partial charge < -0.3 is 10.0 Å². The molecule has 0 saturated carbocycles. The first-order valence-corrected chi connectivity index (χ1v) is 6.03. The van der Waals surface area contributed by atoms with E-state index in [0.29, 0.717) is 13.0 Å². The molecule has 0 aliphatic carbocycles. The summed E-state index contributed by atoms with van der Waals surface area (Å²) < 4.78 is 0. The van der Waals surface area contributed by atoms with Gasteiger partial charge in [-0.25, -0.2) is 4.98 Å². The molecule has 1 amide bonds. The van der Waals surface area contributed by atoms with Crippen molar-refractivity contribution in [2.24, 2.45) is 0 Å². The fourth-order valence-corrected chi connectivity index (χ4v) is 1.78. The van der Waals surface area contributed by atoms with Crippen LogP contribution in [0.3, 0.4) is 0 Å². The molecule has 7 heteroatoms. The van der Waals surface area contributed by atoms with E-state index in [0.717, 1.165) is 0 Å². The maximum absolute atomic E-state index is 12.1. The van der Waals surface area contributed by atoms with Crippen molar-refractivity contribution in [2.75, 3.05) is 13.1 Å². The molecule has 1 aromatic rings. The van der Waals surface area contributed by atoms with E-state index < -0.39 is 11.9 Å². The summed E-state index contributed by atoms with van der Waals surface area (Å²) in [5, 5.41) is 9.05. The number of carbonyl (C=O) groups excluding carboxylic acids is 1. The molecule has 0 atom stereocenters. The molecule has 0 radical (unpaired) electrons. The van der Waals surface area contributed by atoms with Crippen LogP contribution in [0.25, 0.3) is 0 Å². The SMILES string of the molecule is CCCN(CC(=O)O)C(=O)c1cc(Cl)ncc1Cl. The zero-order chi connectivity index (χ0) is 13.7. The Morgan fingerprint density at radius 2 is 2.11 bits per heavy atom. The summed E-state index contributed by atoms with van der Waals surface area (Å²) in [5.74, 6) is -1.54. The van der Waals surface area contributed by atoms with Gasteiger partial charge in [-0.1, -0.05) is 30.1 Å². The van der Waals surface area contributed by atoms with Gasteiger partial charge in [-0.3, -0.25) is 9.59 Å². The Morgan fingerprint density at radius 1 is 1.44 bits per heavy atom. The lowest BCUT2D eigenvalue weighted by Crippen LogP contribution is -2.36. The van der Waals surface area contributed by atoms with Crippen molar-refractivity contribution in [1.82, 2.24) is 9.88 Å². The van der Waals surface area contributed by atoms with Gasteiger partial charge in [0.25, 0.3) is 5.91 Å². The molecule has 0 aliphatic heterocycles. The Kier molecular flexibility index (Phi) is 5.37. The summed E-state index contributed by atoms with van der Waals surface area (Å²) in [6, 6.07) is 1.33. The van der Waals surface area contributed by atoms with E-state index in [4.69, 9.17) is 28.3 Å². The predicted octanol–water partition coefficient (Wildman–Crippen LogP) is 2.33. The smallest absolute Gasteiger partial charge is 0.323 e. The fourth-order valence-electron chi connectivity index (χ4n) is 1.43. The lowest BCUT2D eigenvalue weighted by Gasteiger charge is -2.20. The second kappa shape index (κ2) is 6.56. The number of hydrogen-bond donors (Lipinski definition) is 1. The quantitative estimate of drug-likeness (QED) is 0.845. The lowest BCUT2D eigenvalue weighted by atomic mass is 10.2. The Balaban J connectivity index is 3.01. The zero-order valence-corrected chi connectivity index (χ0v) is 11.2. The highest BCUT2D eigenvalue weighted by atomic mass is 35.5. The molecule has 0 bridgehead atoms. The maximum atomic E-state index is 12.1. The highest BCUT2D eigenvalue weighted by Gasteiger charge is 2.20. The number of amides is 1. The first kappa shape index (κ1) is 14.7. The summed E-state index contributed by atoms with van der Waals surface area (Å²) in [5.41, 5.74) is 0.159. The molecular weight excluding hydrogens is 279 g/mol.